The van der Waals surface area contributed by atoms with Crippen molar-refractivity contribution in [3.05, 3.63) is 64.8 Å². The molecule has 1 aliphatic rings. The number of nitrogens with one attached hydrogen (secondary N) is 2. The van der Waals surface area contributed by atoms with Gasteiger partial charge in [-0.05, 0) is 55.2 Å². The summed E-state index contributed by atoms with van der Waals surface area (Å²) in [5.41, 5.74) is 5.28. The molecular formula is C20H19N3O2. The average molecular weight is 333 g/mol. The lowest BCUT2D eigenvalue weighted by Crippen LogP contribution is -2.44. The van der Waals surface area contributed by atoms with Crippen LogP contribution >= 0.6 is 0 Å². The van der Waals surface area contributed by atoms with Crippen LogP contribution < -0.4 is 5.32 Å². The number of hydrogen-bond acceptors (Lipinski definition) is 2. The SMILES string of the molecule is Cc1cc(C)cc(NC(=O)N2CCc3c([nH]c4ccccc34)C2=O)c1. The Morgan fingerprint density at radius 2 is 1.84 bits per heavy atom. The number of carbonyl (C=O) groups excluding carboxylic acids is 2. The molecule has 0 aliphatic carbocycles. The average Bonchev–Trinajstić information content (AvgIpc) is 2.94. The number of aromatic amines is 1. The predicted molar refractivity (Wildman–Crippen MR) is 98.0 cm³/mol. The molecule has 5 heteroatoms. The number of imide groups is 1. The summed E-state index contributed by atoms with van der Waals surface area (Å²) in [6, 6.07) is 13.3. The van der Waals surface area contributed by atoms with Crippen LogP contribution in [-0.4, -0.2) is 28.4 Å². The molecule has 0 atom stereocenters. The quantitative estimate of drug-likeness (QED) is 0.706. The lowest BCUT2D eigenvalue weighted by molar-refractivity contribution is 0.0793. The van der Waals surface area contributed by atoms with Gasteiger partial charge in [-0.25, -0.2) is 4.79 Å². The zero-order chi connectivity index (χ0) is 17.6. The highest BCUT2D eigenvalue weighted by atomic mass is 16.2. The molecule has 0 saturated carbocycles. The number of aromatic nitrogens is 1. The Morgan fingerprint density at radius 1 is 1.12 bits per heavy atom. The van der Waals surface area contributed by atoms with Gasteiger partial charge in [-0.1, -0.05) is 24.3 Å². The van der Waals surface area contributed by atoms with Gasteiger partial charge in [0.25, 0.3) is 5.91 Å². The summed E-state index contributed by atoms with van der Waals surface area (Å²) in [4.78, 5) is 29.8. The minimum Gasteiger partial charge on any atom is -0.350 e. The van der Waals surface area contributed by atoms with Crippen molar-refractivity contribution in [2.75, 3.05) is 11.9 Å². The second-order valence-corrected chi connectivity index (χ2v) is 6.54. The van der Waals surface area contributed by atoms with Crippen molar-refractivity contribution >= 4 is 28.5 Å². The topological polar surface area (TPSA) is 65.2 Å². The van der Waals surface area contributed by atoms with Gasteiger partial charge in [0.05, 0.1) is 0 Å². The first-order valence-corrected chi connectivity index (χ1v) is 8.33. The van der Waals surface area contributed by atoms with E-state index in [1.165, 1.54) is 4.90 Å². The summed E-state index contributed by atoms with van der Waals surface area (Å²) in [7, 11) is 0. The summed E-state index contributed by atoms with van der Waals surface area (Å²) < 4.78 is 0. The third kappa shape index (κ3) is 2.67. The predicted octanol–water partition coefficient (Wildman–Crippen LogP) is 4.02. The van der Waals surface area contributed by atoms with E-state index in [-0.39, 0.29) is 11.9 Å². The van der Waals surface area contributed by atoms with E-state index < -0.39 is 0 Å². The molecular weight excluding hydrogens is 314 g/mol. The van der Waals surface area contributed by atoms with Crippen molar-refractivity contribution in [2.45, 2.75) is 20.3 Å². The Labute approximate surface area is 145 Å². The van der Waals surface area contributed by atoms with Gasteiger partial charge in [-0.15, -0.1) is 0 Å². The van der Waals surface area contributed by atoms with Crippen LogP contribution in [0, 0.1) is 13.8 Å². The molecule has 3 aromatic rings. The Balaban J connectivity index is 1.61. The van der Waals surface area contributed by atoms with Gasteiger partial charge in [-0.3, -0.25) is 9.69 Å². The molecule has 1 aromatic heterocycles. The molecule has 1 aliphatic heterocycles. The summed E-state index contributed by atoms with van der Waals surface area (Å²) >= 11 is 0. The number of aryl methyl sites for hydroxylation is 2. The number of urea groups is 1. The Hall–Kier alpha value is -3.08. The van der Waals surface area contributed by atoms with Crippen LogP contribution in [0.1, 0.15) is 27.2 Å². The van der Waals surface area contributed by atoms with Crippen molar-refractivity contribution < 1.29 is 9.59 Å². The van der Waals surface area contributed by atoms with Gasteiger partial charge in [0.15, 0.2) is 0 Å². The minimum atomic E-state index is -0.390. The molecule has 3 amide bonds. The number of hydrogen-bond donors (Lipinski definition) is 2. The van der Waals surface area contributed by atoms with Crippen LogP contribution in [-0.2, 0) is 6.42 Å². The molecule has 0 bridgehead atoms. The van der Waals surface area contributed by atoms with E-state index in [1.54, 1.807) is 0 Å². The fourth-order valence-corrected chi connectivity index (χ4v) is 3.53. The lowest BCUT2D eigenvalue weighted by atomic mass is 10.0. The maximum atomic E-state index is 12.8. The monoisotopic (exact) mass is 333 g/mol. The summed E-state index contributed by atoms with van der Waals surface area (Å²) in [5, 5.41) is 3.90. The number of benzene rings is 2. The smallest absolute Gasteiger partial charge is 0.328 e. The van der Waals surface area contributed by atoms with E-state index in [1.807, 2.05) is 56.3 Å². The number of amides is 3. The van der Waals surface area contributed by atoms with Gasteiger partial charge in [-0.2, -0.15) is 0 Å². The molecule has 25 heavy (non-hydrogen) atoms. The molecule has 0 fully saturated rings. The van der Waals surface area contributed by atoms with E-state index in [9.17, 15) is 9.59 Å². The fourth-order valence-electron chi connectivity index (χ4n) is 3.53. The summed E-state index contributed by atoms with van der Waals surface area (Å²) in [5.74, 6) is -0.278. The van der Waals surface area contributed by atoms with Gasteiger partial charge >= 0.3 is 6.03 Å². The standard InChI is InChI=1S/C20H19N3O2/c1-12-9-13(2)11-14(10-12)21-20(25)23-8-7-16-15-5-3-4-6-17(15)22-18(16)19(23)24/h3-6,9-11,22H,7-8H2,1-2H3,(H,21,25). The first-order valence-electron chi connectivity index (χ1n) is 8.33. The molecule has 4 rings (SSSR count). The first-order chi connectivity index (χ1) is 12.0. The minimum absolute atomic E-state index is 0.278. The van der Waals surface area contributed by atoms with Crippen LogP contribution in [0.2, 0.25) is 0 Å². The van der Waals surface area contributed by atoms with Crippen molar-refractivity contribution in [1.29, 1.82) is 0 Å². The zero-order valence-corrected chi connectivity index (χ0v) is 14.2. The van der Waals surface area contributed by atoms with Crippen LogP contribution in [0.25, 0.3) is 10.9 Å². The molecule has 126 valence electrons. The summed E-state index contributed by atoms with van der Waals surface area (Å²) in [6.07, 6.45) is 0.658. The fraction of sp³-hybridized carbons (Fsp3) is 0.200. The molecule has 2 heterocycles. The van der Waals surface area contributed by atoms with Crippen molar-refractivity contribution in [3.63, 3.8) is 0 Å². The second-order valence-electron chi connectivity index (χ2n) is 6.54. The van der Waals surface area contributed by atoms with Crippen LogP contribution in [0.5, 0.6) is 0 Å². The van der Waals surface area contributed by atoms with E-state index >= 15 is 0 Å². The van der Waals surface area contributed by atoms with Crippen LogP contribution in [0.4, 0.5) is 10.5 Å². The number of H-pyrrole nitrogens is 1. The molecule has 0 unspecified atom stereocenters. The number of para-hydroxylation sites is 1. The third-order valence-electron chi connectivity index (χ3n) is 4.58. The van der Waals surface area contributed by atoms with Gasteiger partial charge in [0.2, 0.25) is 0 Å². The molecule has 5 nitrogen and oxygen atoms in total. The Kier molecular flexibility index (Phi) is 3.57. The lowest BCUT2D eigenvalue weighted by Gasteiger charge is -2.25. The number of nitrogens with zero attached hydrogens (tertiary/aromatic N) is 1. The van der Waals surface area contributed by atoms with E-state index in [2.05, 4.69) is 10.3 Å². The van der Waals surface area contributed by atoms with Gasteiger partial charge in [0.1, 0.15) is 5.69 Å². The Morgan fingerprint density at radius 3 is 2.60 bits per heavy atom. The number of fused-ring (bicyclic) bond motifs is 3. The normalized spacial score (nSPS) is 13.8. The van der Waals surface area contributed by atoms with Crippen molar-refractivity contribution in [3.8, 4) is 0 Å². The highest BCUT2D eigenvalue weighted by Gasteiger charge is 2.31. The molecule has 0 saturated heterocycles. The molecule has 0 spiro atoms. The number of carbonyl (C=O) groups is 2. The molecule has 0 radical (unpaired) electrons. The van der Waals surface area contributed by atoms with Crippen LogP contribution in [0.15, 0.2) is 42.5 Å². The number of rotatable bonds is 1. The van der Waals surface area contributed by atoms with E-state index in [0.29, 0.717) is 24.3 Å². The van der Waals surface area contributed by atoms with E-state index in [0.717, 1.165) is 27.6 Å². The van der Waals surface area contributed by atoms with Crippen LogP contribution in [0.3, 0.4) is 0 Å². The van der Waals surface area contributed by atoms with E-state index in [4.69, 9.17) is 0 Å². The summed E-state index contributed by atoms with van der Waals surface area (Å²) in [6.45, 7) is 4.33. The van der Waals surface area contributed by atoms with Gasteiger partial charge in [0, 0.05) is 23.1 Å². The largest absolute Gasteiger partial charge is 0.350 e. The zero-order valence-electron chi connectivity index (χ0n) is 14.2. The maximum absolute atomic E-state index is 12.8. The molecule has 2 aromatic carbocycles. The van der Waals surface area contributed by atoms with Gasteiger partial charge < -0.3 is 10.3 Å². The second kappa shape index (κ2) is 5.77. The van der Waals surface area contributed by atoms with Crippen molar-refractivity contribution in [2.24, 2.45) is 0 Å². The highest BCUT2D eigenvalue weighted by Crippen LogP contribution is 2.27. The maximum Gasteiger partial charge on any atom is 0.328 e. The van der Waals surface area contributed by atoms with Crippen molar-refractivity contribution in [1.82, 2.24) is 9.88 Å². The Bertz CT molecular complexity index is 983. The first kappa shape index (κ1) is 15.4. The third-order valence-corrected chi connectivity index (χ3v) is 4.58. The molecule has 2 N–H and O–H groups in total. The highest BCUT2D eigenvalue weighted by molar-refractivity contribution is 6.11. The number of anilines is 1.